The maximum absolute atomic E-state index is 4.52. The molecule has 0 spiro atoms. The number of aliphatic imine (C=N–C) groups is 1. The summed E-state index contributed by atoms with van der Waals surface area (Å²) in [5.41, 5.74) is 3.70. The number of piperidine rings is 1. The van der Waals surface area contributed by atoms with Gasteiger partial charge in [-0.3, -0.25) is 14.6 Å². The molecule has 166 valence electrons. The second-order valence-electron chi connectivity index (χ2n) is 8.17. The summed E-state index contributed by atoms with van der Waals surface area (Å²) in [4.78, 5) is 7.00. The van der Waals surface area contributed by atoms with Crippen molar-refractivity contribution in [3.63, 3.8) is 0 Å². The van der Waals surface area contributed by atoms with E-state index in [1.54, 1.807) is 0 Å². The highest BCUT2D eigenvalue weighted by Gasteiger charge is 2.25. The molecule has 2 heterocycles. The number of hydrogen-bond donors (Lipinski definition) is 2. The lowest BCUT2D eigenvalue weighted by molar-refractivity contribution is 0.134. The summed E-state index contributed by atoms with van der Waals surface area (Å²) in [6.45, 7) is 10.5. The van der Waals surface area contributed by atoms with Crippen LogP contribution in [0.25, 0.3) is 0 Å². The molecule has 6 nitrogen and oxygen atoms in total. The molecule has 2 aromatic rings. The highest BCUT2D eigenvalue weighted by molar-refractivity contribution is 14.0. The lowest BCUT2D eigenvalue weighted by Gasteiger charge is -2.38. The van der Waals surface area contributed by atoms with Crippen LogP contribution in [0.4, 0.5) is 0 Å². The molecular formula is C23H37IN6. The number of halogens is 1. The van der Waals surface area contributed by atoms with Crippen LogP contribution in [-0.2, 0) is 13.1 Å². The van der Waals surface area contributed by atoms with Gasteiger partial charge in [0.25, 0.3) is 0 Å². The van der Waals surface area contributed by atoms with Crippen LogP contribution in [0.1, 0.15) is 43.1 Å². The summed E-state index contributed by atoms with van der Waals surface area (Å²) in [5.74, 6) is 0.909. The van der Waals surface area contributed by atoms with Gasteiger partial charge in [-0.05, 0) is 51.7 Å². The summed E-state index contributed by atoms with van der Waals surface area (Å²) >= 11 is 0. The second-order valence-corrected chi connectivity index (χ2v) is 8.17. The standard InChI is InChI=1S/C23H36N6.HI/c1-18-15-20(3)29(27-18)13-8-12-25-23(24-4)26-22-11-14-28(19(2)16-22)17-21-9-6-5-7-10-21;/h5-7,9-10,15,19,22H,8,11-14,16-17H2,1-4H3,(H2,24,25,26);1H. The van der Waals surface area contributed by atoms with Crippen LogP contribution in [0.2, 0.25) is 0 Å². The molecule has 1 saturated heterocycles. The van der Waals surface area contributed by atoms with E-state index in [2.05, 4.69) is 80.6 Å². The first-order valence-corrected chi connectivity index (χ1v) is 10.8. The Morgan fingerprint density at radius 2 is 2.00 bits per heavy atom. The molecule has 0 amide bonds. The topological polar surface area (TPSA) is 57.5 Å². The van der Waals surface area contributed by atoms with Crippen molar-refractivity contribution in [2.75, 3.05) is 20.1 Å². The van der Waals surface area contributed by atoms with Gasteiger partial charge in [0.05, 0.1) is 5.69 Å². The van der Waals surface area contributed by atoms with Crippen LogP contribution in [0.5, 0.6) is 0 Å². The fourth-order valence-electron chi connectivity index (χ4n) is 4.13. The lowest BCUT2D eigenvalue weighted by Crippen LogP contribution is -2.51. The summed E-state index contributed by atoms with van der Waals surface area (Å²) in [6, 6.07) is 13.9. The van der Waals surface area contributed by atoms with E-state index in [0.29, 0.717) is 12.1 Å². The van der Waals surface area contributed by atoms with Gasteiger partial charge in [-0.1, -0.05) is 30.3 Å². The number of hydrogen-bond acceptors (Lipinski definition) is 3. The molecule has 3 rings (SSSR count). The van der Waals surface area contributed by atoms with E-state index >= 15 is 0 Å². The molecule has 0 bridgehead atoms. The van der Waals surface area contributed by atoms with Crippen LogP contribution >= 0.6 is 24.0 Å². The normalized spacial score (nSPS) is 19.9. The number of benzene rings is 1. The van der Waals surface area contributed by atoms with Gasteiger partial charge in [0.2, 0.25) is 0 Å². The van der Waals surface area contributed by atoms with E-state index in [9.17, 15) is 0 Å². The third-order valence-electron chi connectivity index (χ3n) is 5.75. The first-order chi connectivity index (χ1) is 14.0. The molecule has 1 aliphatic heterocycles. The Hall–Kier alpha value is -1.61. The fourth-order valence-corrected chi connectivity index (χ4v) is 4.13. The summed E-state index contributed by atoms with van der Waals surface area (Å²) in [6.07, 6.45) is 3.30. The Bertz CT molecular complexity index is 788. The number of aryl methyl sites for hydroxylation is 3. The summed E-state index contributed by atoms with van der Waals surface area (Å²) in [7, 11) is 1.85. The Balaban J connectivity index is 0.00000320. The molecule has 0 saturated carbocycles. The molecule has 1 aromatic carbocycles. The van der Waals surface area contributed by atoms with Gasteiger partial charge >= 0.3 is 0 Å². The van der Waals surface area contributed by atoms with E-state index < -0.39 is 0 Å². The Kier molecular flexibility index (Phi) is 10.1. The predicted molar refractivity (Wildman–Crippen MR) is 136 cm³/mol. The minimum atomic E-state index is 0. The number of rotatable bonds is 7. The zero-order chi connectivity index (χ0) is 20.6. The molecule has 1 aliphatic rings. The van der Waals surface area contributed by atoms with Gasteiger partial charge in [0.1, 0.15) is 0 Å². The monoisotopic (exact) mass is 524 g/mol. The minimum Gasteiger partial charge on any atom is -0.356 e. The van der Waals surface area contributed by atoms with Crippen molar-refractivity contribution in [2.24, 2.45) is 4.99 Å². The van der Waals surface area contributed by atoms with Gasteiger partial charge in [0.15, 0.2) is 5.96 Å². The average Bonchev–Trinajstić information content (AvgIpc) is 3.04. The highest BCUT2D eigenvalue weighted by Crippen LogP contribution is 2.19. The number of aromatic nitrogens is 2. The Labute approximate surface area is 198 Å². The highest BCUT2D eigenvalue weighted by atomic mass is 127. The van der Waals surface area contributed by atoms with Crippen molar-refractivity contribution < 1.29 is 0 Å². The molecular weight excluding hydrogens is 487 g/mol. The maximum atomic E-state index is 4.52. The van der Waals surface area contributed by atoms with Crippen molar-refractivity contribution in [1.29, 1.82) is 0 Å². The third kappa shape index (κ3) is 7.27. The summed E-state index contributed by atoms with van der Waals surface area (Å²) in [5, 5.41) is 11.6. The minimum absolute atomic E-state index is 0. The van der Waals surface area contributed by atoms with Gasteiger partial charge in [-0.15, -0.1) is 24.0 Å². The molecule has 0 aliphatic carbocycles. The van der Waals surface area contributed by atoms with Gasteiger partial charge < -0.3 is 10.6 Å². The lowest BCUT2D eigenvalue weighted by atomic mass is 9.97. The molecule has 2 N–H and O–H groups in total. The van der Waals surface area contributed by atoms with Crippen LogP contribution in [-0.4, -0.2) is 52.9 Å². The third-order valence-corrected chi connectivity index (χ3v) is 5.75. The zero-order valence-electron chi connectivity index (χ0n) is 18.8. The molecule has 7 heteroatoms. The first-order valence-electron chi connectivity index (χ1n) is 10.8. The van der Waals surface area contributed by atoms with Crippen LogP contribution < -0.4 is 10.6 Å². The first kappa shape index (κ1) is 24.7. The molecule has 2 unspecified atom stereocenters. The Morgan fingerprint density at radius 3 is 2.63 bits per heavy atom. The van der Waals surface area contributed by atoms with Crippen LogP contribution in [0, 0.1) is 13.8 Å². The maximum Gasteiger partial charge on any atom is 0.191 e. The van der Waals surface area contributed by atoms with Crippen molar-refractivity contribution in [3.05, 3.63) is 53.3 Å². The van der Waals surface area contributed by atoms with E-state index in [1.165, 1.54) is 11.3 Å². The number of nitrogens with one attached hydrogen (secondary N) is 2. The zero-order valence-corrected chi connectivity index (χ0v) is 21.1. The van der Waals surface area contributed by atoms with Gasteiger partial charge in [0, 0.05) is 51.0 Å². The smallest absolute Gasteiger partial charge is 0.191 e. The molecule has 2 atom stereocenters. The van der Waals surface area contributed by atoms with Crippen molar-refractivity contribution in [3.8, 4) is 0 Å². The quantitative estimate of drug-likeness (QED) is 0.251. The molecule has 0 radical (unpaired) electrons. The van der Waals surface area contributed by atoms with E-state index in [-0.39, 0.29) is 24.0 Å². The molecule has 30 heavy (non-hydrogen) atoms. The van der Waals surface area contributed by atoms with Gasteiger partial charge in [-0.25, -0.2) is 0 Å². The predicted octanol–water partition coefficient (Wildman–Crippen LogP) is 3.73. The Morgan fingerprint density at radius 1 is 1.23 bits per heavy atom. The van der Waals surface area contributed by atoms with Gasteiger partial charge in [-0.2, -0.15) is 5.10 Å². The second kappa shape index (κ2) is 12.3. The van der Waals surface area contributed by atoms with Crippen molar-refractivity contribution >= 4 is 29.9 Å². The molecule has 1 aromatic heterocycles. The average molecular weight is 524 g/mol. The number of guanidine groups is 1. The molecule has 1 fully saturated rings. The van der Waals surface area contributed by atoms with Crippen LogP contribution in [0.3, 0.4) is 0 Å². The number of likely N-dealkylation sites (tertiary alicyclic amines) is 1. The number of nitrogens with zero attached hydrogens (tertiary/aromatic N) is 4. The van der Waals surface area contributed by atoms with Crippen LogP contribution in [0.15, 0.2) is 41.4 Å². The largest absolute Gasteiger partial charge is 0.356 e. The van der Waals surface area contributed by atoms with Crippen molar-refractivity contribution in [1.82, 2.24) is 25.3 Å². The fraction of sp³-hybridized carbons (Fsp3) is 0.565. The van der Waals surface area contributed by atoms with Crippen molar-refractivity contribution in [2.45, 2.75) is 65.2 Å². The van der Waals surface area contributed by atoms with E-state index in [0.717, 1.165) is 57.1 Å². The SMILES string of the molecule is CN=C(NCCCn1nc(C)cc1C)NC1CCN(Cc2ccccc2)C(C)C1.I. The van der Waals surface area contributed by atoms with E-state index in [4.69, 9.17) is 0 Å². The summed E-state index contributed by atoms with van der Waals surface area (Å²) < 4.78 is 2.08. The van der Waals surface area contributed by atoms with E-state index in [1.807, 2.05) is 14.0 Å².